The van der Waals surface area contributed by atoms with Gasteiger partial charge in [0, 0.05) is 48.9 Å². The number of amides is 2. The lowest BCUT2D eigenvalue weighted by molar-refractivity contribution is -0.136. The largest absolute Gasteiger partial charge is 0.490 e. The van der Waals surface area contributed by atoms with Crippen LogP contribution in [0.2, 0.25) is 10.0 Å². The molecule has 50 heavy (non-hydrogen) atoms. The standard InChI is InChI=1S/C39H44Cl2N4O5/c1-23-15-33(41)36(16-24(23)2)50-14-13-49-30-11-7-25(8-12-30)31-17-27-21-44(38(47)34-18-29(46)19-42-34)22-35(43-27)37(31)39(48)45(28-9-10-28)20-26-5-3-4-6-32(26)40/h3-8,11-12,15-16,27-29,34-35,42-43,46H,9-10,13-14,17-22H2,1-2H3/t27-,29+,34-,35-/m0/s1. The molecule has 3 aromatic carbocycles. The first-order valence-corrected chi connectivity index (χ1v) is 18.3. The predicted octanol–water partition coefficient (Wildman–Crippen LogP) is 5.31. The summed E-state index contributed by atoms with van der Waals surface area (Å²) in [5.74, 6) is 1.30. The Balaban J connectivity index is 1.12. The van der Waals surface area contributed by atoms with Gasteiger partial charge in [0.1, 0.15) is 24.7 Å². The molecule has 4 atom stereocenters. The summed E-state index contributed by atoms with van der Waals surface area (Å²) in [5, 5.41) is 18.1. The number of aliphatic hydroxyl groups is 1. The number of aryl methyl sites for hydroxylation is 2. The van der Waals surface area contributed by atoms with Crippen molar-refractivity contribution in [2.75, 3.05) is 32.8 Å². The zero-order chi connectivity index (χ0) is 34.9. The smallest absolute Gasteiger partial charge is 0.252 e. The van der Waals surface area contributed by atoms with Crippen LogP contribution in [-0.2, 0) is 16.1 Å². The second-order valence-electron chi connectivity index (χ2n) is 13.9. The Morgan fingerprint density at radius 2 is 1.70 bits per heavy atom. The van der Waals surface area contributed by atoms with E-state index >= 15 is 0 Å². The van der Waals surface area contributed by atoms with E-state index in [1.54, 1.807) is 0 Å². The number of hydrogen-bond acceptors (Lipinski definition) is 7. The molecule has 3 fully saturated rings. The molecule has 2 bridgehead atoms. The van der Waals surface area contributed by atoms with Crippen LogP contribution in [0, 0.1) is 13.8 Å². The van der Waals surface area contributed by atoms with Crippen molar-refractivity contribution in [2.24, 2.45) is 0 Å². The summed E-state index contributed by atoms with van der Waals surface area (Å²) < 4.78 is 11.9. The Morgan fingerprint density at radius 1 is 0.960 bits per heavy atom. The first-order valence-electron chi connectivity index (χ1n) is 17.5. The Morgan fingerprint density at radius 3 is 2.42 bits per heavy atom. The Hall–Kier alpha value is -3.60. The van der Waals surface area contributed by atoms with E-state index < -0.39 is 12.1 Å². The van der Waals surface area contributed by atoms with Crippen molar-refractivity contribution in [2.45, 2.75) is 76.3 Å². The van der Waals surface area contributed by atoms with Crippen LogP contribution in [0.1, 0.15) is 47.9 Å². The number of nitrogens with zero attached hydrogens (tertiary/aromatic N) is 2. The van der Waals surface area contributed by atoms with Crippen LogP contribution < -0.4 is 20.1 Å². The summed E-state index contributed by atoms with van der Waals surface area (Å²) in [7, 11) is 0. The van der Waals surface area contributed by atoms with Crippen LogP contribution in [0.15, 0.2) is 66.2 Å². The molecule has 9 nitrogen and oxygen atoms in total. The number of fused-ring (bicyclic) bond motifs is 2. The van der Waals surface area contributed by atoms with Gasteiger partial charge in [-0.05, 0) is 97.7 Å². The maximum absolute atomic E-state index is 14.8. The summed E-state index contributed by atoms with van der Waals surface area (Å²) in [6, 6.07) is 18.8. The molecule has 4 aliphatic rings. The number of aliphatic hydroxyl groups excluding tert-OH is 1. The van der Waals surface area contributed by atoms with Gasteiger partial charge < -0.3 is 35.0 Å². The van der Waals surface area contributed by atoms with Gasteiger partial charge in [-0.15, -0.1) is 0 Å². The molecule has 11 heteroatoms. The van der Waals surface area contributed by atoms with E-state index in [0.29, 0.717) is 79.4 Å². The topological polar surface area (TPSA) is 103 Å². The third-order valence-electron chi connectivity index (χ3n) is 10.3. The second-order valence-corrected chi connectivity index (χ2v) is 14.8. The van der Waals surface area contributed by atoms with Crippen LogP contribution in [0.5, 0.6) is 11.5 Å². The van der Waals surface area contributed by atoms with E-state index in [2.05, 4.69) is 10.6 Å². The molecule has 0 unspecified atom stereocenters. The van der Waals surface area contributed by atoms with Gasteiger partial charge in [-0.1, -0.05) is 53.5 Å². The number of β-amino-alcohol motifs (C(OH)–C–C–N with tert-alkyl or cyclic N) is 1. The molecule has 3 heterocycles. The van der Waals surface area contributed by atoms with Crippen LogP contribution in [0.25, 0.3) is 5.57 Å². The first kappa shape index (κ1) is 34.8. The normalized spacial score (nSPS) is 23.2. The number of ether oxygens (including phenoxy) is 2. The summed E-state index contributed by atoms with van der Waals surface area (Å²) in [5.41, 5.74) is 5.80. The zero-order valence-corrected chi connectivity index (χ0v) is 30.0. The van der Waals surface area contributed by atoms with E-state index in [1.165, 1.54) is 0 Å². The van der Waals surface area contributed by atoms with Crippen molar-refractivity contribution in [3.63, 3.8) is 0 Å². The van der Waals surface area contributed by atoms with E-state index in [9.17, 15) is 14.7 Å². The van der Waals surface area contributed by atoms with E-state index in [1.807, 2.05) is 84.3 Å². The molecular formula is C39H44Cl2N4O5. The molecule has 0 aromatic heterocycles. The number of rotatable bonds is 11. The predicted molar refractivity (Wildman–Crippen MR) is 195 cm³/mol. The highest BCUT2D eigenvalue weighted by Crippen LogP contribution is 2.38. The van der Waals surface area contributed by atoms with E-state index in [4.69, 9.17) is 32.7 Å². The maximum atomic E-state index is 14.8. The lowest BCUT2D eigenvalue weighted by Crippen LogP contribution is -2.63. The molecule has 2 amide bonds. The SMILES string of the molecule is Cc1cc(Cl)c(OCCOc2ccc(C3=C(C(=O)N(Cc4ccccc4Cl)C4CC4)[C@@H]4CN(C(=O)[C@@H]5C[C@@H](O)CN5)C[C@H](C3)N4)cc2)cc1C. The molecular weight excluding hydrogens is 675 g/mol. The number of piperazine rings is 1. The van der Waals surface area contributed by atoms with E-state index in [0.717, 1.165) is 40.7 Å². The molecule has 1 saturated carbocycles. The first-order chi connectivity index (χ1) is 24.1. The van der Waals surface area contributed by atoms with Gasteiger partial charge in [-0.3, -0.25) is 9.59 Å². The summed E-state index contributed by atoms with van der Waals surface area (Å²) >= 11 is 12.9. The number of halogens is 2. The number of carbonyl (C=O) groups is 2. The molecule has 2 saturated heterocycles. The molecule has 3 aromatic rings. The molecule has 3 aliphatic heterocycles. The average Bonchev–Trinajstić information content (AvgIpc) is 3.86. The number of hydrogen-bond donors (Lipinski definition) is 3. The highest BCUT2D eigenvalue weighted by atomic mass is 35.5. The molecule has 0 radical (unpaired) electrons. The minimum Gasteiger partial charge on any atom is -0.490 e. The van der Waals surface area contributed by atoms with Crippen molar-refractivity contribution >= 4 is 40.6 Å². The highest BCUT2D eigenvalue weighted by molar-refractivity contribution is 6.32. The average molecular weight is 720 g/mol. The fourth-order valence-corrected chi connectivity index (χ4v) is 7.79. The Kier molecular flexibility index (Phi) is 10.4. The van der Waals surface area contributed by atoms with Crippen LogP contribution in [-0.4, -0.2) is 89.8 Å². The van der Waals surface area contributed by atoms with Crippen molar-refractivity contribution in [3.05, 3.63) is 98.5 Å². The van der Waals surface area contributed by atoms with Gasteiger partial charge in [0.25, 0.3) is 5.91 Å². The fourth-order valence-electron chi connectivity index (χ4n) is 7.32. The zero-order valence-electron chi connectivity index (χ0n) is 28.5. The summed E-state index contributed by atoms with van der Waals surface area (Å²) in [6.07, 6.45) is 2.37. The molecule has 7 rings (SSSR count). The number of nitrogens with one attached hydrogen (secondary N) is 2. The highest BCUT2D eigenvalue weighted by Gasteiger charge is 2.44. The van der Waals surface area contributed by atoms with Gasteiger partial charge in [0.2, 0.25) is 5.91 Å². The third kappa shape index (κ3) is 7.67. The summed E-state index contributed by atoms with van der Waals surface area (Å²) in [4.78, 5) is 32.2. The van der Waals surface area contributed by atoms with Crippen molar-refractivity contribution in [1.82, 2.24) is 20.4 Å². The minimum absolute atomic E-state index is 0.0150. The second kappa shape index (κ2) is 14.9. The van der Waals surface area contributed by atoms with Crippen molar-refractivity contribution in [3.8, 4) is 11.5 Å². The Labute approximate surface area is 303 Å². The quantitative estimate of drug-likeness (QED) is 0.231. The minimum atomic E-state index is -0.526. The van der Waals surface area contributed by atoms with E-state index in [-0.39, 0.29) is 29.9 Å². The van der Waals surface area contributed by atoms with Crippen LogP contribution in [0.4, 0.5) is 0 Å². The third-order valence-corrected chi connectivity index (χ3v) is 10.9. The monoisotopic (exact) mass is 718 g/mol. The van der Waals surface area contributed by atoms with Crippen LogP contribution >= 0.6 is 23.2 Å². The van der Waals surface area contributed by atoms with Crippen molar-refractivity contribution < 1.29 is 24.2 Å². The molecule has 1 aliphatic carbocycles. The van der Waals surface area contributed by atoms with Gasteiger partial charge in [0.05, 0.1) is 23.2 Å². The summed E-state index contributed by atoms with van der Waals surface area (Å²) in [6.45, 7) is 6.48. The van der Waals surface area contributed by atoms with Crippen LogP contribution in [0.3, 0.4) is 0 Å². The fraction of sp³-hybridized carbons (Fsp3) is 0.436. The number of benzene rings is 3. The lowest BCUT2D eigenvalue weighted by Gasteiger charge is -2.45. The van der Waals surface area contributed by atoms with Crippen molar-refractivity contribution in [1.29, 1.82) is 0 Å². The molecule has 0 spiro atoms. The lowest BCUT2D eigenvalue weighted by atomic mass is 9.82. The van der Waals surface area contributed by atoms with Gasteiger partial charge in [-0.2, -0.15) is 0 Å². The van der Waals surface area contributed by atoms with Gasteiger partial charge in [-0.25, -0.2) is 0 Å². The van der Waals surface area contributed by atoms with Gasteiger partial charge in [0.15, 0.2) is 0 Å². The molecule has 3 N–H and O–H groups in total. The Bertz CT molecular complexity index is 1780. The maximum Gasteiger partial charge on any atom is 0.252 e. The van der Waals surface area contributed by atoms with Gasteiger partial charge >= 0.3 is 0 Å². The number of carbonyl (C=O) groups excluding carboxylic acids is 2. The molecule has 264 valence electrons.